The third-order valence-corrected chi connectivity index (χ3v) is 4.10. The van der Waals surface area contributed by atoms with E-state index in [0.29, 0.717) is 6.54 Å². The lowest BCUT2D eigenvalue weighted by Crippen LogP contribution is -2.19. The molecule has 0 saturated carbocycles. The van der Waals surface area contributed by atoms with Gasteiger partial charge in [0.25, 0.3) is 0 Å². The van der Waals surface area contributed by atoms with E-state index in [9.17, 15) is 0 Å². The van der Waals surface area contributed by atoms with Crippen molar-refractivity contribution in [3.8, 4) is 11.1 Å². The summed E-state index contributed by atoms with van der Waals surface area (Å²) in [6, 6.07) is 14.5. The Bertz CT molecular complexity index is 628. The van der Waals surface area contributed by atoms with E-state index in [2.05, 4.69) is 34.9 Å². The molecule has 19 heavy (non-hydrogen) atoms. The van der Waals surface area contributed by atoms with Crippen molar-refractivity contribution in [2.75, 3.05) is 6.54 Å². The number of aromatic nitrogens is 2. The van der Waals surface area contributed by atoms with Gasteiger partial charge in [-0.2, -0.15) is 5.10 Å². The molecule has 3 nitrogen and oxygen atoms in total. The van der Waals surface area contributed by atoms with E-state index in [1.165, 1.54) is 10.4 Å². The van der Waals surface area contributed by atoms with Gasteiger partial charge < -0.3 is 5.73 Å². The van der Waals surface area contributed by atoms with Crippen LogP contribution in [0, 0.1) is 0 Å². The summed E-state index contributed by atoms with van der Waals surface area (Å²) in [5, 5.41) is 6.53. The molecule has 0 saturated heterocycles. The second-order valence-corrected chi connectivity index (χ2v) is 5.32. The van der Waals surface area contributed by atoms with E-state index in [-0.39, 0.29) is 6.04 Å². The van der Waals surface area contributed by atoms with Crippen LogP contribution in [0.15, 0.2) is 60.2 Å². The van der Waals surface area contributed by atoms with Gasteiger partial charge in [0, 0.05) is 23.2 Å². The van der Waals surface area contributed by atoms with Crippen LogP contribution in [0.4, 0.5) is 0 Å². The van der Waals surface area contributed by atoms with Gasteiger partial charge in [-0.05, 0) is 17.0 Å². The molecule has 3 aromatic rings. The van der Waals surface area contributed by atoms with E-state index in [0.717, 1.165) is 5.56 Å². The predicted octanol–water partition coefficient (Wildman–Crippen LogP) is 3.16. The quantitative estimate of drug-likeness (QED) is 0.790. The maximum absolute atomic E-state index is 5.89. The van der Waals surface area contributed by atoms with Crippen LogP contribution in [0.3, 0.4) is 0 Å². The zero-order valence-electron chi connectivity index (χ0n) is 10.4. The summed E-state index contributed by atoms with van der Waals surface area (Å²) in [5.41, 5.74) is 8.19. The molecule has 2 aromatic heterocycles. The van der Waals surface area contributed by atoms with Crippen molar-refractivity contribution in [1.29, 1.82) is 0 Å². The van der Waals surface area contributed by atoms with Gasteiger partial charge in [0.2, 0.25) is 0 Å². The Morgan fingerprint density at radius 2 is 1.95 bits per heavy atom. The van der Waals surface area contributed by atoms with Gasteiger partial charge in [-0.1, -0.05) is 36.4 Å². The first-order valence-electron chi connectivity index (χ1n) is 6.21. The second-order valence-electron chi connectivity index (χ2n) is 4.34. The molecule has 2 N–H and O–H groups in total. The van der Waals surface area contributed by atoms with Crippen molar-refractivity contribution >= 4 is 11.3 Å². The highest BCUT2D eigenvalue weighted by Gasteiger charge is 2.14. The molecule has 2 heterocycles. The van der Waals surface area contributed by atoms with Gasteiger partial charge in [-0.15, -0.1) is 11.3 Å². The van der Waals surface area contributed by atoms with Crippen molar-refractivity contribution < 1.29 is 0 Å². The molecule has 96 valence electrons. The summed E-state index contributed by atoms with van der Waals surface area (Å²) in [6.45, 7) is 0.552. The minimum atomic E-state index is 0.123. The first-order chi connectivity index (χ1) is 9.38. The number of benzene rings is 1. The molecule has 1 unspecified atom stereocenters. The zero-order chi connectivity index (χ0) is 13.1. The number of rotatable bonds is 4. The lowest BCUT2D eigenvalue weighted by Gasteiger charge is -2.13. The van der Waals surface area contributed by atoms with Crippen molar-refractivity contribution in [3.63, 3.8) is 0 Å². The average Bonchev–Trinajstić information content (AvgIpc) is 3.12. The van der Waals surface area contributed by atoms with E-state index >= 15 is 0 Å². The van der Waals surface area contributed by atoms with Gasteiger partial charge in [-0.3, -0.25) is 4.68 Å². The molecule has 0 radical (unpaired) electrons. The summed E-state index contributed by atoms with van der Waals surface area (Å²) < 4.78 is 1.95. The van der Waals surface area contributed by atoms with Crippen LogP contribution in [0.1, 0.15) is 10.9 Å². The fraction of sp³-hybridized carbons (Fsp3) is 0.133. The van der Waals surface area contributed by atoms with Crippen molar-refractivity contribution in [1.82, 2.24) is 9.78 Å². The number of nitrogens with two attached hydrogens (primary N) is 1. The van der Waals surface area contributed by atoms with Gasteiger partial charge >= 0.3 is 0 Å². The Morgan fingerprint density at radius 1 is 1.11 bits per heavy atom. The van der Waals surface area contributed by atoms with E-state index in [1.54, 1.807) is 11.3 Å². The smallest absolute Gasteiger partial charge is 0.0982 e. The minimum Gasteiger partial charge on any atom is -0.328 e. The highest BCUT2D eigenvalue weighted by Crippen LogP contribution is 2.24. The molecule has 0 aliphatic carbocycles. The molecule has 0 amide bonds. The number of nitrogens with zero attached hydrogens (tertiary/aromatic N) is 2. The molecule has 1 aromatic carbocycles. The lowest BCUT2D eigenvalue weighted by atomic mass is 10.1. The van der Waals surface area contributed by atoms with Crippen molar-refractivity contribution in [3.05, 3.63) is 65.1 Å². The van der Waals surface area contributed by atoms with Crippen LogP contribution < -0.4 is 5.73 Å². The molecule has 0 aliphatic heterocycles. The van der Waals surface area contributed by atoms with Crippen LogP contribution >= 0.6 is 11.3 Å². The number of thiophene rings is 1. The highest BCUT2D eigenvalue weighted by atomic mass is 32.1. The fourth-order valence-electron chi connectivity index (χ4n) is 2.12. The summed E-state index contributed by atoms with van der Waals surface area (Å²) in [6.07, 6.45) is 3.96. The van der Waals surface area contributed by atoms with Crippen molar-refractivity contribution in [2.45, 2.75) is 6.04 Å². The average molecular weight is 269 g/mol. The van der Waals surface area contributed by atoms with Crippen LogP contribution in [-0.2, 0) is 0 Å². The zero-order valence-corrected chi connectivity index (χ0v) is 11.3. The predicted molar refractivity (Wildman–Crippen MR) is 79.2 cm³/mol. The Balaban J connectivity index is 1.93. The molecule has 0 fully saturated rings. The SMILES string of the molecule is NCC(c1cccs1)n1cc(-c2ccccc2)cn1. The molecule has 0 aliphatic rings. The monoisotopic (exact) mass is 269 g/mol. The van der Waals surface area contributed by atoms with Crippen LogP contribution in [0.2, 0.25) is 0 Å². The van der Waals surface area contributed by atoms with E-state index < -0.39 is 0 Å². The van der Waals surface area contributed by atoms with Gasteiger partial charge in [0.15, 0.2) is 0 Å². The van der Waals surface area contributed by atoms with E-state index in [1.807, 2.05) is 35.1 Å². The first kappa shape index (κ1) is 12.1. The fourth-order valence-corrected chi connectivity index (χ4v) is 2.96. The van der Waals surface area contributed by atoms with Crippen LogP contribution in [0.25, 0.3) is 11.1 Å². The molecule has 4 heteroatoms. The molecule has 0 bridgehead atoms. The minimum absolute atomic E-state index is 0.123. The van der Waals surface area contributed by atoms with Crippen LogP contribution in [0.5, 0.6) is 0 Å². The largest absolute Gasteiger partial charge is 0.328 e. The van der Waals surface area contributed by atoms with Gasteiger partial charge in [-0.25, -0.2) is 0 Å². The van der Waals surface area contributed by atoms with Gasteiger partial charge in [0.05, 0.1) is 12.2 Å². The Morgan fingerprint density at radius 3 is 2.63 bits per heavy atom. The summed E-state index contributed by atoms with van der Waals surface area (Å²) >= 11 is 1.71. The summed E-state index contributed by atoms with van der Waals surface area (Å²) in [5.74, 6) is 0. The second kappa shape index (κ2) is 5.38. The summed E-state index contributed by atoms with van der Waals surface area (Å²) in [7, 11) is 0. The molecule has 0 spiro atoms. The summed E-state index contributed by atoms with van der Waals surface area (Å²) in [4.78, 5) is 1.24. The highest BCUT2D eigenvalue weighted by molar-refractivity contribution is 7.10. The van der Waals surface area contributed by atoms with Crippen LogP contribution in [-0.4, -0.2) is 16.3 Å². The molecule has 3 rings (SSSR count). The standard InChI is InChI=1S/C15H15N3S/c16-9-14(15-7-4-8-19-15)18-11-13(10-17-18)12-5-2-1-3-6-12/h1-8,10-11,14H,9,16H2. The Hall–Kier alpha value is -1.91. The number of hydrogen-bond donors (Lipinski definition) is 1. The normalized spacial score (nSPS) is 12.5. The Labute approximate surface area is 116 Å². The molecular formula is C15H15N3S. The maximum Gasteiger partial charge on any atom is 0.0982 e. The topological polar surface area (TPSA) is 43.8 Å². The molecular weight excluding hydrogens is 254 g/mol. The lowest BCUT2D eigenvalue weighted by molar-refractivity contribution is 0.540. The van der Waals surface area contributed by atoms with Gasteiger partial charge in [0.1, 0.15) is 0 Å². The Kier molecular flexibility index (Phi) is 3.44. The van der Waals surface area contributed by atoms with E-state index in [4.69, 9.17) is 5.73 Å². The molecule has 1 atom stereocenters. The first-order valence-corrected chi connectivity index (χ1v) is 7.09. The van der Waals surface area contributed by atoms with Crippen molar-refractivity contribution in [2.24, 2.45) is 5.73 Å². The maximum atomic E-state index is 5.89. The number of hydrogen-bond acceptors (Lipinski definition) is 3. The third-order valence-electron chi connectivity index (χ3n) is 3.12. The third kappa shape index (κ3) is 2.45.